The maximum absolute atomic E-state index is 8.05. The highest BCUT2D eigenvalue weighted by Crippen LogP contribution is 2.37. The molecule has 3 aromatic heterocycles. The van der Waals surface area contributed by atoms with E-state index < -0.39 is 26.0 Å². The van der Waals surface area contributed by atoms with E-state index in [1.54, 1.807) is 12.1 Å². The fraction of sp³-hybridized carbons (Fsp3) is 0.214. The van der Waals surface area contributed by atoms with E-state index in [-0.39, 0.29) is 11.3 Å². The maximum atomic E-state index is 8.05. The van der Waals surface area contributed by atoms with Gasteiger partial charge in [0.15, 0.2) is 0 Å². The highest BCUT2D eigenvalue weighted by Gasteiger charge is 2.18. The molecule has 3 heterocycles. The summed E-state index contributed by atoms with van der Waals surface area (Å²) in [5.74, 6) is 0. The van der Waals surface area contributed by atoms with Crippen molar-refractivity contribution < 1.29 is 16.8 Å². The molecular weight excluding hydrogens is 380 g/mol. The van der Waals surface area contributed by atoms with E-state index in [0.29, 0.717) is 16.9 Å². The molecule has 31 heavy (non-hydrogen) atoms. The quantitative estimate of drug-likeness (QED) is 0.297. The van der Waals surface area contributed by atoms with Crippen molar-refractivity contribution in [3.63, 3.8) is 0 Å². The third-order valence-electron chi connectivity index (χ3n) is 5.57. The molecule has 0 atom stereocenters. The largest absolute Gasteiger partial charge is 0.437 e. The fourth-order valence-corrected chi connectivity index (χ4v) is 4.05. The van der Waals surface area contributed by atoms with Crippen molar-refractivity contribution in [1.82, 2.24) is 9.97 Å². The Balaban J connectivity index is 1.73. The number of para-hydroxylation sites is 1. The van der Waals surface area contributed by atoms with Gasteiger partial charge in [0.05, 0.1) is 11.4 Å². The molecule has 0 aliphatic rings. The minimum absolute atomic E-state index is 0.180. The molecule has 3 heteroatoms. The first-order chi connectivity index (χ1) is 18.6. The van der Waals surface area contributed by atoms with E-state index in [1.807, 2.05) is 50.2 Å². The zero-order valence-electron chi connectivity index (χ0n) is 26.2. The van der Waals surface area contributed by atoms with Crippen LogP contribution in [0.5, 0.6) is 0 Å². The average molecular weight is 416 g/mol. The SMILES string of the molecule is [2H]C([2H])([2H])C(c1ccnc(-c2cccc3c2oc2nc(-c4c(C)cccc4C)ccc23)c1)(C([2H])([2H])[2H])C([2H])([2H])[2H]. The molecule has 2 aromatic carbocycles. The number of pyridine rings is 2. The minimum Gasteiger partial charge on any atom is -0.437 e. The van der Waals surface area contributed by atoms with E-state index >= 15 is 0 Å². The van der Waals surface area contributed by atoms with E-state index in [9.17, 15) is 0 Å². The van der Waals surface area contributed by atoms with Crippen LogP contribution >= 0.6 is 0 Å². The van der Waals surface area contributed by atoms with Crippen LogP contribution in [0, 0.1) is 13.8 Å². The Morgan fingerprint density at radius 3 is 2.39 bits per heavy atom. The van der Waals surface area contributed by atoms with Crippen LogP contribution in [0.2, 0.25) is 0 Å². The molecule has 0 N–H and O–H groups in total. The van der Waals surface area contributed by atoms with Crippen LogP contribution in [-0.2, 0) is 5.41 Å². The summed E-state index contributed by atoms with van der Waals surface area (Å²) >= 11 is 0. The van der Waals surface area contributed by atoms with Crippen molar-refractivity contribution in [2.75, 3.05) is 0 Å². The van der Waals surface area contributed by atoms with E-state index in [0.717, 1.165) is 39.2 Å². The molecule has 5 rings (SSSR count). The summed E-state index contributed by atoms with van der Waals surface area (Å²) in [6, 6.07) is 17.6. The van der Waals surface area contributed by atoms with Crippen LogP contribution in [0.3, 0.4) is 0 Å². The van der Waals surface area contributed by atoms with Gasteiger partial charge in [-0.3, -0.25) is 4.98 Å². The van der Waals surface area contributed by atoms with Crippen molar-refractivity contribution in [2.45, 2.75) is 39.8 Å². The Bertz CT molecular complexity index is 1690. The van der Waals surface area contributed by atoms with Gasteiger partial charge in [-0.1, -0.05) is 50.9 Å². The van der Waals surface area contributed by atoms with Crippen LogP contribution in [0.25, 0.3) is 44.6 Å². The third kappa shape index (κ3) is 3.31. The van der Waals surface area contributed by atoms with Crippen LogP contribution in [0.4, 0.5) is 0 Å². The molecule has 0 spiro atoms. The summed E-state index contributed by atoms with van der Waals surface area (Å²) < 4.78 is 78.7. The average Bonchev–Trinajstić information content (AvgIpc) is 3.20. The Labute approximate surface area is 195 Å². The first-order valence-corrected chi connectivity index (χ1v) is 9.94. The van der Waals surface area contributed by atoms with Crippen molar-refractivity contribution >= 4 is 22.1 Å². The summed E-state index contributed by atoms with van der Waals surface area (Å²) in [4.78, 5) is 9.13. The first-order valence-electron chi connectivity index (χ1n) is 14.4. The molecule has 0 aliphatic heterocycles. The monoisotopic (exact) mass is 415 g/mol. The van der Waals surface area contributed by atoms with Crippen molar-refractivity contribution in [3.8, 4) is 22.5 Å². The van der Waals surface area contributed by atoms with E-state index in [4.69, 9.17) is 21.7 Å². The lowest BCUT2D eigenvalue weighted by molar-refractivity contribution is 0.589. The summed E-state index contributed by atoms with van der Waals surface area (Å²) in [5.41, 5.74) is 1.83. The van der Waals surface area contributed by atoms with Gasteiger partial charge in [-0.15, -0.1) is 0 Å². The summed E-state index contributed by atoms with van der Waals surface area (Å²) in [6.07, 6.45) is 1.22. The predicted molar refractivity (Wildman–Crippen MR) is 128 cm³/mol. The van der Waals surface area contributed by atoms with E-state index in [1.165, 1.54) is 12.3 Å². The van der Waals surface area contributed by atoms with Crippen molar-refractivity contribution in [1.29, 1.82) is 0 Å². The summed E-state index contributed by atoms with van der Waals surface area (Å²) in [7, 11) is 0. The fourth-order valence-electron chi connectivity index (χ4n) is 4.05. The second-order valence-corrected chi connectivity index (χ2v) is 7.78. The summed E-state index contributed by atoms with van der Waals surface area (Å²) in [5, 5.41) is 1.48. The topological polar surface area (TPSA) is 38.9 Å². The molecule has 0 saturated carbocycles. The smallest absolute Gasteiger partial charge is 0.227 e. The second kappa shape index (κ2) is 7.05. The highest BCUT2D eigenvalue weighted by molar-refractivity contribution is 6.08. The van der Waals surface area contributed by atoms with Gasteiger partial charge in [-0.05, 0) is 66.3 Å². The Hall–Kier alpha value is -3.46. The summed E-state index contributed by atoms with van der Waals surface area (Å²) in [6.45, 7) is -6.09. The van der Waals surface area contributed by atoms with Crippen molar-refractivity contribution in [3.05, 3.63) is 83.6 Å². The number of aromatic nitrogens is 2. The molecular formula is C28H26N2O. The number of hydrogen-bond acceptors (Lipinski definition) is 3. The first kappa shape index (κ1) is 11.8. The van der Waals surface area contributed by atoms with Gasteiger partial charge in [-0.25, -0.2) is 4.98 Å². The second-order valence-electron chi connectivity index (χ2n) is 7.78. The van der Waals surface area contributed by atoms with Gasteiger partial charge in [0, 0.05) is 40.4 Å². The number of fused-ring (bicyclic) bond motifs is 3. The number of furan rings is 1. The van der Waals surface area contributed by atoms with Crippen LogP contribution < -0.4 is 0 Å². The molecule has 0 unspecified atom stereocenters. The highest BCUT2D eigenvalue weighted by atomic mass is 16.3. The Morgan fingerprint density at radius 1 is 0.839 bits per heavy atom. The number of hydrogen-bond donors (Lipinski definition) is 0. The van der Waals surface area contributed by atoms with Crippen molar-refractivity contribution in [2.24, 2.45) is 0 Å². The number of rotatable bonds is 2. The normalized spacial score (nSPS) is 17.5. The molecule has 0 fully saturated rings. The Morgan fingerprint density at radius 2 is 1.61 bits per heavy atom. The number of aryl methyl sites for hydroxylation is 2. The van der Waals surface area contributed by atoms with Gasteiger partial charge in [-0.2, -0.15) is 0 Å². The van der Waals surface area contributed by atoms with Gasteiger partial charge in [0.1, 0.15) is 5.58 Å². The molecule has 0 aliphatic carbocycles. The molecule has 3 nitrogen and oxygen atoms in total. The molecule has 0 bridgehead atoms. The molecule has 0 amide bonds. The van der Waals surface area contributed by atoms with Crippen LogP contribution in [0.15, 0.2) is 71.3 Å². The van der Waals surface area contributed by atoms with Gasteiger partial charge >= 0.3 is 0 Å². The maximum Gasteiger partial charge on any atom is 0.227 e. The zero-order valence-corrected chi connectivity index (χ0v) is 17.2. The zero-order chi connectivity index (χ0) is 29.3. The van der Waals surface area contributed by atoms with E-state index in [2.05, 4.69) is 4.98 Å². The lowest BCUT2D eigenvalue weighted by Gasteiger charge is -2.19. The third-order valence-corrected chi connectivity index (χ3v) is 5.57. The molecule has 0 radical (unpaired) electrons. The predicted octanol–water partition coefficient (Wildman–Crippen LogP) is 7.62. The van der Waals surface area contributed by atoms with Gasteiger partial charge < -0.3 is 4.42 Å². The van der Waals surface area contributed by atoms with Gasteiger partial charge in [0.2, 0.25) is 5.71 Å². The standard InChI is InChI=1S/C28H26N2O/c1-17-8-6-9-18(2)25(17)23-13-12-21-20-10-7-11-22(26(20)31-27(21)30-23)24-16-19(14-15-29-24)28(3,4)5/h6-16H,1-5H3/i3D3,4D3,5D3. The number of nitrogens with zero attached hydrogens (tertiary/aromatic N) is 2. The number of benzene rings is 2. The minimum atomic E-state index is -3.37. The van der Waals surface area contributed by atoms with Crippen LogP contribution in [-0.4, -0.2) is 9.97 Å². The molecule has 154 valence electrons. The lowest BCUT2D eigenvalue weighted by Crippen LogP contribution is -2.11. The van der Waals surface area contributed by atoms with Crippen LogP contribution in [0.1, 0.15) is 49.6 Å². The Kier molecular flexibility index (Phi) is 2.69. The molecule has 0 saturated heterocycles. The lowest BCUT2D eigenvalue weighted by atomic mass is 9.87. The van der Waals surface area contributed by atoms with Gasteiger partial charge in [0.25, 0.3) is 0 Å². The molecule has 5 aromatic rings.